The number of anilines is 2. The SMILES string of the molecule is COc1cc(CN2C(=O)/C(=C/c3cc(C(=O)NCCO)c[nH]3)c3c(Cl)nc(N)nc32)c(Cl)c(OC)c1OC. The Hall–Kier alpha value is -4.00. The molecule has 0 unspecified atom stereocenters. The maximum absolute atomic E-state index is 13.7. The van der Waals surface area contributed by atoms with Gasteiger partial charge in [0.2, 0.25) is 11.7 Å². The molecule has 1 aliphatic heterocycles. The zero-order valence-corrected chi connectivity index (χ0v) is 22.1. The lowest BCUT2D eigenvalue weighted by molar-refractivity contribution is -0.113. The summed E-state index contributed by atoms with van der Waals surface area (Å²) < 4.78 is 16.2. The van der Waals surface area contributed by atoms with Crippen LogP contribution in [0.5, 0.6) is 17.2 Å². The molecule has 12 nitrogen and oxygen atoms in total. The number of carbonyl (C=O) groups excluding carboxylic acids is 2. The average molecular weight is 563 g/mol. The number of ether oxygens (including phenoxy) is 3. The molecule has 2 aromatic heterocycles. The Kier molecular flexibility index (Phi) is 7.95. The van der Waals surface area contributed by atoms with Crippen molar-refractivity contribution in [3.63, 3.8) is 0 Å². The number of amides is 2. The number of aromatic nitrogens is 3. The molecular weight excluding hydrogens is 539 g/mol. The number of fused-ring (bicyclic) bond motifs is 1. The van der Waals surface area contributed by atoms with E-state index in [9.17, 15) is 9.59 Å². The number of benzene rings is 1. The van der Waals surface area contributed by atoms with Gasteiger partial charge in [-0.1, -0.05) is 23.2 Å². The van der Waals surface area contributed by atoms with Crippen LogP contribution in [0, 0.1) is 0 Å². The van der Waals surface area contributed by atoms with E-state index in [-0.39, 0.29) is 64.4 Å². The highest BCUT2D eigenvalue weighted by atomic mass is 35.5. The molecule has 0 fully saturated rings. The minimum Gasteiger partial charge on any atom is -0.493 e. The fraction of sp³-hybridized carbons (Fsp3) is 0.250. The second kappa shape index (κ2) is 11.2. The van der Waals surface area contributed by atoms with Crippen LogP contribution in [0.4, 0.5) is 11.8 Å². The number of rotatable bonds is 9. The van der Waals surface area contributed by atoms with E-state index >= 15 is 0 Å². The van der Waals surface area contributed by atoms with Gasteiger partial charge in [-0.2, -0.15) is 4.98 Å². The molecule has 4 rings (SSSR count). The minimum atomic E-state index is -0.451. The molecule has 14 heteroatoms. The van der Waals surface area contributed by atoms with Gasteiger partial charge >= 0.3 is 0 Å². The number of nitrogens with one attached hydrogen (secondary N) is 2. The maximum atomic E-state index is 13.7. The Morgan fingerprint density at radius 3 is 2.58 bits per heavy atom. The van der Waals surface area contributed by atoms with Crippen LogP contribution in [0.25, 0.3) is 11.6 Å². The van der Waals surface area contributed by atoms with E-state index in [1.54, 1.807) is 12.1 Å². The molecule has 1 aromatic carbocycles. The molecule has 1 aliphatic rings. The predicted octanol–water partition coefficient (Wildman–Crippen LogP) is 2.53. The van der Waals surface area contributed by atoms with Gasteiger partial charge in [0.25, 0.3) is 11.8 Å². The van der Waals surface area contributed by atoms with Crippen LogP contribution in [0.3, 0.4) is 0 Å². The van der Waals surface area contributed by atoms with E-state index in [4.69, 9.17) is 48.3 Å². The summed E-state index contributed by atoms with van der Waals surface area (Å²) in [4.78, 5) is 38.5. The number of nitrogen functional groups attached to an aromatic ring is 1. The van der Waals surface area contributed by atoms with Crippen molar-refractivity contribution in [1.82, 2.24) is 20.3 Å². The molecule has 3 aromatic rings. The number of aromatic amines is 1. The molecule has 0 spiro atoms. The van der Waals surface area contributed by atoms with Gasteiger partial charge in [0.1, 0.15) is 5.15 Å². The monoisotopic (exact) mass is 562 g/mol. The molecule has 38 heavy (non-hydrogen) atoms. The third-order valence-corrected chi connectivity index (χ3v) is 6.39. The van der Waals surface area contributed by atoms with Gasteiger partial charge in [0, 0.05) is 18.4 Å². The maximum Gasteiger partial charge on any atom is 0.260 e. The number of hydrogen-bond acceptors (Lipinski definition) is 9. The zero-order chi connectivity index (χ0) is 27.6. The Morgan fingerprint density at radius 2 is 1.92 bits per heavy atom. The molecule has 5 N–H and O–H groups in total. The standard InChI is InChI=1S/C24H24Cl2N6O6/c1-36-15-7-12(17(25)19(38-3)18(15)37-2)10-32-21-16(20(26)30-24(27)31-21)14(23(32)35)8-13-6-11(9-29-13)22(34)28-4-5-33/h6-9,29,33H,4-5,10H2,1-3H3,(H,28,34)(H2,27,30,31)/b14-8+. The normalized spacial score (nSPS) is 13.6. The second-order valence-corrected chi connectivity index (χ2v) is 8.70. The highest BCUT2D eigenvalue weighted by molar-refractivity contribution is 6.41. The largest absolute Gasteiger partial charge is 0.493 e. The molecule has 200 valence electrons. The topological polar surface area (TPSA) is 165 Å². The van der Waals surface area contributed by atoms with Crippen LogP contribution in [0.2, 0.25) is 10.2 Å². The number of nitrogens with two attached hydrogens (primary N) is 1. The van der Waals surface area contributed by atoms with Crippen molar-refractivity contribution in [2.24, 2.45) is 0 Å². The number of halogens is 2. The summed E-state index contributed by atoms with van der Waals surface area (Å²) in [5.41, 5.74) is 7.56. The van der Waals surface area contributed by atoms with Crippen molar-refractivity contribution in [1.29, 1.82) is 0 Å². The second-order valence-electron chi connectivity index (χ2n) is 7.96. The van der Waals surface area contributed by atoms with Crippen LogP contribution < -0.4 is 30.2 Å². The van der Waals surface area contributed by atoms with Crippen LogP contribution in [-0.4, -0.2) is 66.4 Å². The lowest BCUT2D eigenvalue weighted by atomic mass is 10.1. The summed E-state index contributed by atoms with van der Waals surface area (Å²) in [6.07, 6.45) is 3.01. The molecule has 0 saturated heterocycles. The molecule has 0 aliphatic carbocycles. The zero-order valence-electron chi connectivity index (χ0n) is 20.6. The lowest BCUT2D eigenvalue weighted by Gasteiger charge is -2.20. The Labute approximate surface area is 227 Å². The summed E-state index contributed by atoms with van der Waals surface area (Å²) >= 11 is 13.0. The lowest BCUT2D eigenvalue weighted by Crippen LogP contribution is -2.27. The molecule has 0 bridgehead atoms. The first-order valence-corrected chi connectivity index (χ1v) is 11.9. The third-order valence-electron chi connectivity index (χ3n) is 5.70. The predicted molar refractivity (Wildman–Crippen MR) is 142 cm³/mol. The van der Waals surface area contributed by atoms with Gasteiger partial charge in [-0.25, -0.2) is 4.98 Å². The first-order valence-electron chi connectivity index (χ1n) is 11.2. The van der Waals surface area contributed by atoms with E-state index in [1.165, 1.54) is 38.5 Å². The minimum absolute atomic E-state index is 0.0157. The molecular formula is C24H24Cl2N6O6. The van der Waals surface area contributed by atoms with E-state index < -0.39 is 5.91 Å². The average Bonchev–Trinajstić information content (AvgIpc) is 3.47. The van der Waals surface area contributed by atoms with Gasteiger partial charge in [0.05, 0.1) is 56.2 Å². The molecule has 3 heterocycles. The van der Waals surface area contributed by atoms with E-state index in [1.807, 2.05) is 0 Å². The van der Waals surface area contributed by atoms with Gasteiger partial charge in [-0.3, -0.25) is 14.5 Å². The Bertz CT molecular complexity index is 1440. The molecule has 0 atom stereocenters. The van der Waals surface area contributed by atoms with Crippen LogP contribution in [-0.2, 0) is 11.3 Å². The van der Waals surface area contributed by atoms with Crippen molar-refractivity contribution in [3.05, 3.63) is 50.9 Å². The fourth-order valence-corrected chi connectivity index (χ4v) is 4.55. The fourth-order valence-electron chi connectivity index (χ4n) is 4.00. The summed E-state index contributed by atoms with van der Waals surface area (Å²) in [6, 6.07) is 3.18. The summed E-state index contributed by atoms with van der Waals surface area (Å²) in [6.45, 7) is -0.115. The van der Waals surface area contributed by atoms with Crippen LogP contribution >= 0.6 is 23.2 Å². The number of H-pyrrole nitrogens is 1. The molecule has 0 saturated carbocycles. The molecule has 0 radical (unpaired) electrons. The van der Waals surface area contributed by atoms with Crippen molar-refractivity contribution in [3.8, 4) is 17.2 Å². The molecule has 2 amide bonds. The highest BCUT2D eigenvalue weighted by Gasteiger charge is 2.38. The number of methoxy groups -OCH3 is 3. The number of aliphatic hydroxyl groups excluding tert-OH is 1. The first-order chi connectivity index (χ1) is 18.2. The smallest absolute Gasteiger partial charge is 0.260 e. The third kappa shape index (κ3) is 4.93. The number of nitrogens with zero attached hydrogens (tertiary/aromatic N) is 3. The Balaban J connectivity index is 1.77. The highest BCUT2D eigenvalue weighted by Crippen LogP contribution is 2.47. The summed E-state index contributed by atoms with van der Waals surface area (Å²) in [5, 5.41) is 11.7. The number of carbonyl (C=O) groups is 2. The number of hydrogen-bond donors (Lipinski definition) is 4. The van der Waals surface area contributed by atoms with Crippen LogP contribution in [0.15, 0.2) is 18.3 Å². The number of aliphatic hydroxyl groups is 1. The van der Waals surface area contributed by atoms with Gasteiger partial charge in [0.15, 0.2) is 17.3 Å². The van der Waals surface area contributed by atoms with E-state index in [2.05, 4.69) is 20.3 Å². The first kappa shape index (κ1) is 27.0. The van der Waals surface area contributed by atoms with Crippen molar-refractivity contribution >= 4 is 58.4 Å². The quantitative estimate of drug-likeness (QED) is 0.226. The summed E-state index contributed by atoms with van der Waals surface area (Å²) in [7, 11) is 4.36. The van der Waals surface area contributed by atoms with Gasteiger partial charge < -0.3 is 35.4 Å². The summed E-state index contributed by atoms with van der Waals surface area (Å²) in [5.74, 6) is 0.133. The van der Waals surface area contributed by atoms with Crippen molar-refractivity contribution in [2.75, 3.05) is 45.1 Å². The van der Waals surface area contributed by atoms with Gasteiger partial charge in [-0.05, 0) is 23.8 Å². The van der Waals surface area contributed by atoms with E-state index in [0.717, 1.165) is 0 Å². The van der Waals surface area contributed by atoms with Crippen LogP contribution in [0.1, 0.15) is 27.2 Å². The van der Waals surface area contributed by atoms with E-state index in [0.29, 0.717) is 28.3 Å². The van der Waals surface area contributed by atoms with Crippen molar-refractivity contribution in [2.45, 2.75) is 6.54 Å². The Morgan fingerprint density at radius 1 is 1.18 bits per heavy atom. The van der Waals surface area contributed by atoms with Gasteiger partial charge in [-0.15, -0.1) is 0 Å². The van der Waals surface area contributed by atoms with Crippen molar-refractivity contribution < 1.29 is 28.9 Å².